The van der Waals surface area contributed by atoms with Crippen LogP contribution >= 0.6 is 11.3 Å². The number of aromatic nitrogens is 1. The molecule has 5 nitrogen and oxygen atoms in total. The molecule has 0 radical (unpaired) electrons. The molecule has 0 saturated carbocycles. The van der Waals surface area contributed by atoms with Gasteiger partial charge in [0.1, 0.15) is 19.0 Å². The van der Waals surface area contributed by atoms with Crippen LogP contribution in [0.25, 0.3) is 10.2 Å². The highest BCUT2D eigenvalue weighted by Gasteiger charge is 2.30. The topological polar surface area (TPSA) is 51.7 Å². The molecule has 35 heavy (non-hydrogen) atoms. The number of benzene rings is 2. The van der Waals surface area contributed by atoms with Gasteiger partial charge in [0.05, 0.1) is 26.2 Å². The maximum absolute atomic E-state index is 12.8. The van der Waals surface area contributed by atoms with E-state index in [9.17, 15) is 18.0 Å². The van der Waals surface area contributed by atoms with E-state index in [2.05, 4.69) is 9.88 Å². The number of nitrogens with zero attached hydrogens (tertiary/aromatic N) is 2. The molecule has 0 saturated heterocycles. The Kier molecular flexibility index (Phi) is 8.77. The van der Waals surface area contributed by atoms with Gasteiger partial charge in [-0.2, -0.15) is 13.2 Å². The third kappa shape index (κ3) is 7.93. The van der Waals surface area contributed by atoms with Gasteiger partial charge in [-0.05, 0) is 63.2 Å². The van der Waals surface area contributed by atoms with E-state index < -0.39 is 17.2 Å². The second kappa shape index (κ2) is 11.4. The van der Waals surface area contributed by atoms with Crippen molar-refractivity contribution in [2.24, 2.45) is 5.41 Å². The Hall–Kier alpha value is -2.65. The highest BCUT2D eigenvalue weighted by atomic mass is 32.1. The van der Waals surface area contributed by atoms with E-state index >= 15 is 0 Å². The Bertz CT molecular complexity index is 1120. The molecule has 190 valence electrons. The predicted molar refractivity (Wildman–Crippen MR) is 132 cm³/mol. The number of ether oxygens (including phenoxy) is 2. The highest BCUT2D eigenvalue weighted by Crippen LogP contribution is 2.31. The Morgan fingerprint density at radius 3 is 2.34 bits per heavy atom. The summed E-state index contributed by atoms with van der Waals surface area (Å²) in [5, 5.41) is 0.832. The van der Waals surface area contributed by atoms with Crippen molar-refractivity contribution in [1.29, 1.82) is 0 Å². The molecule has 3 rings (SSSR count). The number of rotatable bonds is 10. The summed E-state index contributed by atoms with van der Waals surface area (Å²) >= 11 is 1.50. The van der Waals surface area contributed by atoms with Gasteiger partial charge >= 0.3 is 12.1 Å². The van der Waals surface area contributed by atoms with Gasteiger partial charge in [-0.1, -0.05) is 19.1 Å². The summed E-state index contributed by atoms with van der Waals surface area (Å²) in [6, 6.07) is 10.9. The third-order valence-electron chi connectivity index (χ3n) is 5.42. The highest BCUT2D eigenvalue weighted by molar-refractivity contribution is 7.18. The van der Waals surface area contributed by atoms with Crippen molar-refractivity contribution < 1.29 is 27.4 Å². The standard InChI is InChI=1S/C26H31F3N2O3S/c1-5-31(13-15-34-24(32)25(2,3)4)12-14-33-20-10-11-21-22(17-20)35-23(30-21)16-18-6-8-19(9-7-18)26(27,28)29/h6-11,17H,5,12-16H2,1-4H3. The lowest BCUT2D eigenvalue weighted by Crippen LogP contribution is -2.33. The van der Waals surface area contributed by atoms with Crippen LogP contribution in [0.4, 0.5) is 13.2 Å². The van der Waals surface area contributed by atoms with Crippen LogP contribution in [0.3, 0.4) is 0 Å². The average Bonchev–Trinajstić information content (AvgIpc) is 3.18. The Balaban J connectivity index is 1.51. The zero-order chi connectivity index (χ0) is 25.6. The quantitative estimate of drug-likeness (QED) is 0.306. The number of fused-ring (bicyclic) bond motifs is 1. The molecular formula is C26H31F3N2O3S. The predicted octanol–water partition coefficient (Wildman–Crippen LogP) is 6.20. The zero-order valence-electron chi connectivity index (χ0n) is 20.4. The lowest BCUT2D eigenvalue weighted by atomic mass is 9.97. The van der Waals surface area contributed by atoms with Crippen LogP contribution in [0, 0.1) is 5.41 Å². The van der Waals surface area contributed by atoms with E-state index in [0.717, 1.165) is 45.2 Å². The molecule has 1 aromatic heterocycles. The van der Waals surface area contributed by atoms with Crippen molar-refractivity contribution >= 4 is 27.5 Å². The van der Waals surface area contributed by atoms with Gasteiger partial charge in [-0.3, -0.25) is 9.69 Å². The van der Waals surface area contributed by atoms with Crippen LogP contribution in [-0.4, -0.2) is 48.7 Å². The van der Waals surface area contributed by atoms with Crippen LogP contribution < -0.4 is 4.74 Å². The smallest absolute Gasteiger partial charge is 0.416 e. The summed E-state index contributed by atoms with van der Waals surface area (Å²) in [4.78, 5) is 18.6. The van der Waals surface area contributed by atoms with E-state index in [0.29, 0.717) is 32.7 Å². The summed E-state index contributed by atoms with van der Waals surface area (Å²) in [6.45, 7) is 10.5. The molecule has 0 bridgehead atoms. The zero-order valence-corrected chi connectivity index (χ0v) is 21.3. The normalized spacial score (nSPS) is 12.3. The van der Waals surface area contributed by atoms with E-state index in [1.165, 1.54) is 23.5 Å². The van der Waals surface area contributed by atoms with Crippen LogP contribution in [0.5, 0.6) is 5.75 Å². The fourth-order valence-corrected chi connectivity index (χ4v) is 4.34. The maximum Gasteiger partial charge on any atom is 0.416 e. The number of esters is 1. The molecule has 0 amide bonds. The van der Waals surface area contributed by atoms with Crippen molar-refractivity contribution in [3.05, 3.63) is 58.6 Å². The van der Waals surface area contributed by atoms with Crippen molar-refractivity contribution in [1.82, 2.24) is 9.88 Å². The first-order valence-corrected chi connectivity index (χ1v) is 12.4. The summed E-state index contributed by atoms with van der Waals surface area (Å²) in [5.74, 6) is 0.526. The first-order valence-electron chi connectivity index (χ1n) is 11.5. The number of hydrogen-bond donors (Lipinski definition) is 0. The lowest BCUT2D eigenvalue weighted by molar-refractivity contribution is -0.153. The number of hydrogen-bond acceptors (Lipinski definition) is 6. The molecular weight excluding hydrogens is 477 g/mol. The minimum Gasteiger partial charge on any atom is -0.492 e. The van der Waals surface area contributed by atoms with Crippen molar-refractivity contribution in [2.45, 2.75) is 40.3 Å². The molecule has 0 N–H and O–H groups in total. The first-order chi connectivity index (χ1) is 16.5. The molecule has 0 aliphatic heterocycles. The molecule has 0 spiro atoms. The SMILES string of the molecule is CCN(CCOC(=O)C(C)(C)C)CCOc1ccc2nc(Cc3ccc(C(F)(F)F)cc3)sc2c1. The molecule has 2 aromatic carbocycles. The second-order valence-electron chi connectivity index (χ2n) is 9.28. The molecule has 3 aromatic rings. The Morgan fingerprint density at radius 1 is 1.03 bits per heavy atom. The molecule has 0 atom stereocenters. The largest absolute Gasteiger partial charge is 0.492 e. The van der Waals surface area contributed by atoms with E-state index in [4.69, 9.17) is 9.47 Å². The minimum absolute atomic E-state index is 0.208. The van der Waals surface area contributed by atoms with Crippen molar-refractivity contribution in [3.8, 4) is 5.75 Å². The molecule has 9 heteroatoms. The van der Waals surface area contributed by atoms with Crippen LogP contribution in [-0.2, 0) is 22.1 Å². The monoisotopic (exact) mass is 508 g/mol. The van der Waals surface area contributed by atoms with Gasteiger partial charge in [0, 0.05) is 19.5 Å². The fraction of sp³-hybridized carbons (Fsp3) is 0.462. The van der Waals surface area contributed by atoms with Gasteiger partial charge < -0.3 is 9.47 Å². The second-order valence-corrected chi connectivity index (χ2v) is 10.4. The van der Waals surface area contributed by atoms with E-state index in [-0.39, 0.29) is 5.97 Å². The molecule has 0 aliphatic rings. The number of carbonyl (C=O) groups excluding carboxylic acids is 1. The summed E-state index contributed by atoms with van der Waals surface area (Å²) in [5.41, 5.74) is 0.453. The minimum atomic E-state index is -4.34. The van der Waals surface area contributed by atoms with Crippen LogP contribution in [0.2, 0.25) is 0 Å². The van der Waals surface area contributed by atoms with Crippen LogP contribution in [0.15, 0.2) is 42.5 Å². The molecule has 1 heterocycles. The number of likely N-dealkylation sites (N-methyl/N-ethyl adjacent to an activating group) is 1. The van der Waals surface area contributed by atoms with E-state index in [1.54, 1.807) is 0 Å². The Labute approximate surface area is 207 Å². The first kappa shape index (κ1) is 26.9. The average molecular weight is 509 g/mol. The van der Waals surface area contributed by atoms with Crippen molar-refractivity contribution in [2.75, 3.05) is 32.8 Å². The molecule has 0 aliphatic carbocycles. The van der Waals surface area contributed by atoms with Gasteiger partial charge in [0.25, 0.3) is 0 Å². The number of alkyl halides is 3. The maximum atomic E-state index is 12.8. The third-order valence-corrected chi connectivity index (χ3v) is 6.44. The fourth-order valence-electron chi connectivity index (χ4n) is 3.31. The number of halogens is 3. The number of carbonyl (C=O) groups is 1. The van der Waals surface area contributed by atoms with Gasteiger partial charge in [0.15, 0.2) is 0 Å². The van der Waals surface area contributed by atoms with Gasteiger partial charge in [-0.25, -0.2) is 4.98 Å². The lowest BCUT2D eigenvalue weighted by Gasteiger charge is -2.22. The van der Waals surface area contributed by atoms with Gasteiger partial charge in [-0.15, -0.1) is 11.3 Å². The van der Waals surface area contributed by atoms with Crippen molar-refractivity contribution in [3.63, 3.8) is 0 Å². The molecule has 0 unspecified atom stereocenters. The summed E-state index contributed by atoms with van der Waals surface area (Å²) in [6.07, 6.45) is -3.86. The Morgan fingerprint density at radius 2 is 1.71 bits per heavy atom. The van der Waals surface area contributed by atoms with Crippen LogP contribution in [0.1, 0.15) is 43.8 Å². The summed E-state index contributed by atoms with van der Waals surface area (Å²) < 4.78 is 50.5. The number of thiazole rings is 1. The molecule has 0 fully saturated rings. The van der Waals surface area contributed by atoms with E-state index in [1.807, 2.05) is 45.9 Å². The van der Waals surface area contributed by atoms with Gasteiger partial charge in [0.2, 0.25) is 0 Å². The summed E-state index contributed by atoms with van der Waals surface area (Å²) in [7, 11) is 0.